The second-order valence-corrected chi connectivity index (χ2v) is 9.31. The SMILES string of the molecule is COc1ccc(C(=O)Nc2cc(C)ccc2N2CCCN(Cc3ccc(C(C)C)cc3)C2=O)cc1. The molecule has 0 atom stereocenters. The van der Waals surface area contributed by atoms with Crippen LogP contribution in [0, 0.1) is 6.92 Å². The molecule has 6 heteroatoms. The van der Waals surface area contributed by atoms with Crippen LogP contribution in [0.15, 0.2) is 66.7 Å². The highest BCUT2D eigenvalue weighted by Crippen LogP contribution is 2.31. The number of amides is 3. The highest BCUT2D eigenvalue weighted by molar-refractivity contribution is 6.07. The van der Waals surface area contributed by atoms with Gasteiger partial charge in [-0.1, -0.05) is 44.2 Å². The summed E-state index contributed by atoms with van der Waals surface area (Å²) in [6.45, 7) is 8.20. The van der Waals surface area contributed by atoms with Crippen molar-refractivity contribution in [1.82, 2.24) is 4.90 Å². The Morgan fingerprint density at radius 2 is 1.71 bits per heavy atom. The summed E-state index contributed by atoms with van der Waals surface area (Å²) in [5.74, 6) is 0.936. The summed E-state index contributed by atoms with van der Waals surface area (Å²) < 4.78 is 5.18. The van der Waals surface area contributed by atoms with Crippen molar-refractivity contribution in [2.24, 2.45) is 0 Å². The summed E-state index contributed by atoms with van der Waals surface area (Å²) in [6, 6.07) is 21.2. The molecule has 0 aliphatic carbocycles. The first-order chi connectivity index (χ1) is 16.9. The fourth-order valence-corrected chi connectivity index (χ4v) is 4.30. The number of ether oxygens (including phenoxy) is 1. The van der Waals surface area contributed by atoms with E-state index in [-0.39, 0.29) is 11.9 Å². The van der Waals surface area contributed by atoms with Crippen molar-refractivity contribution < 1.29 is 14.3 Å². The van der Waals surface area contributed by atoms with Gasteiger partial charge in [-0.3, -0.25) is 9.69 Å². The molecular formula is C29H33N3O3. The van der Waals surface area contributed by atoms with Crippen molar-refractivity contribution >= 4 is 23.3 Å². The molecule has 1 N–H and O–H groups in total. The molecule has 1 aliphatic rings. The average Bonchev–Trinajstić information content (AvgIpc) is 2.86. The first-order valence-electron chi connectivity index (χ1n) is 12.1. The first-order valence-corrected chi connectivity index (χ1v) is 12.1. The number of carbonyl (C=O) groups is 2. The quantitative estimate of drug-likeness (QED) is 0.445. The van der Waals surface area contributed by atoms with Crippen LogP contribution in [0.5, 0.6) is 5.75 Å². The van der Waals surface area contributed by atoms with Crippen LogP contribution in [0.1, 0.15) is 53.2 Å². The largest absolute Gasteiger partial charge is 0.497 e. The van der Waals surface area contributed by atoms with Crippen LogP contribution in [-0.2, 0) is 6.54 Å². The number of urea groups is 1. The zero-order chi connectivity index (χ0) is 24.9. The predicted octanol–water partition coefficient (Wildman–Crippen LogP) is 6.21. The Kier molecular flexibility index (Phi) is 7.39. The third-order valence-corrected chi connectivity index (χ3v) is 6.37. The highest BCUT2D eigenvalue weighted by atomic mass is 16.5. The molecule has 0 saturated carbocycles. The standard InChI is InChI=1S/C29H33N3O3/c1-20(2)23-9-7-22(8-10-23)19-31-16-5-17-32(29(31)34)27-15-6-21(3)18-26(27)30-28(33)24-11-13-25(35-4)14-12-24/h6-15,18,20H,5,16-17,19H2,1-4H3,(H,30,33). The van der Waals surface area contributed by atoms with E-state index in [0.29, 0.717) is 48.2 Å². The van der Waals surface area contributed by atoms with Gasteiger partial charge in [0.25, 0.3) is 5.91 Å². The fourth-order valence-electron chi connectivity index (χ4n) is 4.30. The lowest BCUT2D eigenvalue weighted by atomic mass is 10.0. The highest BCUT2D eigenvalue weighted by Gasteiger charge is 2.28. The van der Waals surface area contributed by atoms with Gasteiger partial charge >= 0.3 is 6.03 Å². The summed E-state index contributed by atoms with van der Waals surface area (Å²) >= 11 is 0. The summed E-state index contributed by atoms with van der Waals surface area (Å²) in [5, 5.41) is 3.01. The van der Waals surface area contributed by atoms with Gasteiger partial charge in [0.15, 0.2) is 0 Å². The van der Waals surface area contributed by atoms with Crippen molar-refractivity contribution in [2.45, 2.75) is 39.7 Å². The summed E-state index contributed by atoms with van der Waals surface area (Å²) in [7, 11) is 1.59. The summed E-state index contributed by atoms with van der Waals surface area (Å²) in [4.78, 5) is 30.1. The van der Waals surface area contributed by atoms with Crippen molar-refractivity contribution in [3.63, 3.8) is 0 Å². The molecular weight excluding hydrogens is 438 g/mol. The lowest BCUT2D eigenvalue weighted by Gasteiger charge is -2.36. The van der Waals surface area contributed by atoms with Crippen LogP contribution >= 0.6 is 0 Å². The van der Waals surface area contributed by atoms with E-state index in [1.807, 2.05) is 30.0 Å². The lowest BCUT2D eigenvalue weighted by Crippen LogP contribution is -2.49. The molecule has 1 aliphatic heterocycles. The normalized spacial score (nSPS) is 13.8. The Morgan fingerprint density at radius 3 is 2.37 bits per heavy atom. The molecule has 35 heavy (non-hydrogen) atoms. The number of nitrogens with zero attached hydrogens (tertiary/aromatic N) is 2. The lowest BCUT2D eigenvalue weighted by molar-refractivity contribution is 0.102. The Bertz CT molecular complexity index is 1190. The maximum atomic E-state index is 13.5. The smallest absolute Gasteiger partial charge is 0.324 e. The zero-order valence-corrected chi connectivity index (χ0v) is 20.9. The number of hydrogen-bond acceptors (Lipinski definition) is 3. The number of nitrogens with one attached hydrogen (secondary N) is 1. The minimum atomic E-state index is -0.231. The number of hydrogen-bond donors (Lipinski definition) is 1. The van der Waals surface area contributed by atoms with Gasteiger partial charge < -0.3 is 15.0 Å². The number of carbonyl (C=O) groups excluding carboxylic acids is 2. The van der Waals surface area contributed by atoms with Crippen LogP contribution < -0.4 is 15.0 Å². The number of rotatable bonds is 7. The van der Waals surface area contributed by atoms with E-state index in [2.05, 4.69) is 43.4 Å². The number of anilines is 2. The van der Waals surface area contributed by atoms with Crippen LogP contribution in [0.2, 0.25) is 0 Å². The average molecular weight is 472 g/mol. The molecule has 1 fully saturated rings. The van der Waals surface area contributed by atoms with Gasteiger partial charge in [0.2, 0.25) is 0 Å². The maximum Gasteiger partial charge on any atom is 0.324 e. The van der Waals surface area contributed by atoms with E-state index in [1.54, 1.807) is 36.3 Å². The van der Waals surface area contributed by atoms with Gasteiger partial charge in [0.1, 0.15) is 5.75 Å². The van der Waals surface area contributed by atoms with E-state index in [1.165, 1.54) is 5.56 Å². The topological polar surface area (TPSA) is 61.9 Å². The van der Waals surface area contributed by atoms with Gasteiger partial charge in [0, 0.05) is 25.2 Å². The van der Waals surface area contributed by atoms with Crippen molar-refractivity contribution in [3.05, 3.63) is 89.0 Å². The van der Waals surface area contributed by atoms with Gasteiger partial charge in [-0.15, -0.1) is 0 Å². The van der Waals surface area contributed by atoms with E-state index in [9.17, 15) is 9.59 Å². The summed E-state index contributed by atoms with van der Waals surface area (Å²) in [5.41, 5.74) is 5.27. The molecule has 182 valence electrons. The molecule has 3 aromatic carbocycles. The zero-order valence-electron chi connectivity index (χ0n) is 20.9. The molecule has 0 unspecified atom stereocenters. The minimum absolute atomic E-state index is 0.0482. The third-order valence-electron chi connectivity index (χ3n) is 6.37. The Balaban J connectivity index is 1.53. The van der Waals surface area contributed by atoms with Crippen molar-refractivity contribution in [3.8, 4) is 5.75 Å². The Hall–Kier alpha value is -3.80. The number of methoxy groups -OCH3 is 1. The Labute approximate surface area is 207 Å². The molecule has 6 nitrogen and oxygen atoms in total. The van der Waals surface area contributed by atoms with Gasteiger partial charge in [0.05, 0.1) is 18.5 Å². The van der Waals surface area contributed by atoms with E-state index in [0.717, 1.165) is 17.5 Å². The molecule has 3 amide bonds. The fraction of sp³-hybridized carbons (Fsp3) is 0.310. The van der Waals surface area contributed by atoms with Crippen molar-refractivity contribution in [1.29, 1.82) is 0 Å². The predicted molar refractivity (Wildman–Crippen MR) is 140 cm³/mol. The van der Waals surface area contributed by atoms with Gasteiger partial charge in [-0.25, -0.2) is 4.79 Å². The second-order valence-electron chi connectivity index (χ2n) is 9.31. The van der Waals surface area contributed by atoms with Crippen molar-refractivity contribution in [2.75, 3.05) is 30.4 Å². The molecule has 0 aromatic heterocycles. The minimum Gasteiger partial charge on any atom is -0.497 e. The molecule has 0 radical (unpaired) electrons. The number of aryl methyl sites for hydroxylation is 1. The molecule has 0 bridgehead atoms. The van der Waals surface area contributed by atoms with E-state index in [4.69, 9.17) is 4.74 Å². The van der Waals surface area contributed by atoms with Gasteiger partial charge in [-0.05, 0) is 72.4 Å². The molecule has 0 spiro atoms. The molecule has 4 rings (SSSR count). The monoisotopic (exact) mass is 471 g/mol. The molecule has 1 saturated heterocycles. The Morgan fingerprint density at radius 1 is 1.00 bits per heavy atom. The van der Waals surface area contributed by atoms with E-state index >= 15 is 0 Å². The first kappa shape index (κ1) is 24.3. The van der Waals surface area contributed by atoms with Gasteiger partial charge in [-0.2, -0.15) is 0 Å². The summed E-state index contributed by atoms with van der Waals surface area (Å²) in [6.07, 6.45) is 0.857. The van der Waals surface area contributed by atoms with Crippen LogP contribution in [-0.4, -0.2) is 37.0 Å². The second kappa shape index (κ2) is 10.6. The third kappa shape index (κ3) is 5.65. The molecule has 3 aromatic rings. The maximum absolute atomic E-state index is 13.5. The van der Waals surface area contributed by atoms with Crippen LogP contribution in [0.3, 0.4) is 0 Å². The van der Waals surface area contributed by atoms with Crippen LogP contribution in [0.25, 0.3) is 0 Å². The van der Waals surface area contributed by atoms with Crippen LogP contribution in [0.4, 0.5) is 16.2 Å². The molecule has 1 heterocycles. The van der Waals surface area contributed by atoms with E-state index < -0.39 is 0 Å². The number of benzene rings is 3.